The fourth-order valence-electron chi connectivity index (χ4n) is 5.67. The van der Waals surface area contributed by atoms with Crippen molar-refractivity contribution in [2.75, 3.05) is 6.54 Å². The third-order valence-corrected chi connectivity index (χ3v) is 7.92. The Kier molecular flexibility index (Phi) is 8.09. The van der Waals surface area contributed by atoms with E-state index in [0.717, 1.165) is 21.3 Å². The van der Waals surface area contributed by atoms with E-state index in [0.29, 0.717) is 24.6 Å². The van der Waals surface area contributed by atoms with Gasteiger partial charge < -0.3 is 4.90 Å². The predicted molar refractivity (Wildman–Crippen MR) is 150 cm³/mol. The summed E-state index contributed by atoms with van der Waals surface area (Å²) in [7, 11) is 0. The maximum atomic E-state index is 15.4. The van der Waals surface area contributed by atoms with Gasteiger partial charge in [-0.2, -0.15) is 13.2 Å². The summed E-state index contributed by atoms with van der Waals surface area (Å²) in [5.41, 5.74) is -3.63. The van der Waals surface area contributed by atoms with Gasteiger partial charge in [-0.1, -0.05) is 54.6 Å². The zero-order valence-corrected chi connectivity index (χ0v) is 23.4. The van der Waals surface area contributed by atoms with Crippen LogP contribution in [-0.4, -0.2) is 26.5 Å². The van der Waals surface area contributed by atoms with E-state index in [9.17, 15) is 31.9 Å². The lowest BCUT2D eigenvalue weighted by molar-refractivity contribution is -0.138. The number of carbonyl (C=O) groups is 1. The summed E-state index contributed by atoms with van der Waals surface area (Å²) >= 11 is 0. The van der Waals surface area contributed by atoms with Crippen LogP contribution in [0, 0.1) is 25.5 Å². The molecule has 1 saturated heterocycles. The molecule has 0 saturated carbocycles. The van der Waals surface area contributed by atoms with Crippen molar-refractivity contribution in [1.82, 2.24) is 14.0 Å². The molecule has 5 rings (SSSR count). The maximum absolute atomic E-state index is 15.4. The smallest absolute Gasteiger partial charge is 0.334 e. The van der Waals surface area contributed by atoms with Gasteiger partial charge in [0.15, 0.2) is 0 Å². The lowest BCUT2D eigenvalue weighted by Crippen LogP contribution is -2.45. The van der Waals surface area contributed by atoms with Crippen molar-refractivity contribution < 1.29 is 26.7 Å². The summed E-state index contributed by atoms with van der Waals surface area (Å²) in [5.74, 6) is -2.11. The number of nitrogens with zero attached hydrogens (tertiary/aromatic N) is 3. The first-order valence-corrected chi connectivity index (χ1v) is 13.7. The second kappa shape index (κ2) is 11.6. The summed E-state index contributed by atoms with van der Waals surface area (Å²) in [5, 5.41) is 0. The summed E-state index contributed by atoms with van der Waals surface area (Å²) in [6.07, 6.45) is -4.07. The minimum absolute atomic E-state index is 0.124. The molecule has 1 aliphatic heterocycles. The molecule has 1 amide bonds. The fourth-order valence-corrected chi connectivity index (χ4v) is 5.67. The summed E-state index contributed by atoms with van der Waals surface area (Å²) in [6, 6.07) is 14.8. The first-order valence-electron chi connectivity index (χ1n) is 13.7. The van der Waals surface area contributed by atoms with Crippen LogP contribution in [0.25, 0.3) is 11.1 Å². The standard InChI is InChI=1S/C32H28F5N3O3/c1-19-9-6-12-22(29(19)34)28-20(2)39(17-23-24(32(35,36)37)13-7-14-25(23)33)31(43)40(30(28)42)18-26(21-10-4-3-5-11-21)38-16-8-15-27(38)41/h3-7,9-14,26H,8,15-18H2,1-2H3. The molecule has 3 aromatic carbocycles. The van der Waals surface area contributed by atoms with Gasteiger partial charge in [0.1, 0.15) is 11.6 Å². The summed E-state index contributed by atoms with van der Waals surface area (Å²) in [6.45, 7) is 1.96. The maximum Gasteiger partial charge on any atom is 0.416 e. The van der Waals surface area contributed by atoms with E-state index in [1.807, 2.05) is 0 Å². The molecule has 1 unspecified atom stereocenters. The van der Waals surface area contributed by atoms with Gasteiger partial charge in [0.05, 0.1) is 30.3 Å². The molecule has 224 valence electrons. The van der Waals surface area contributed by atoms with E-state index in [1.165, 1.54) is 32.0 Å². The number of benzene rings is 3. The monoisotopic (exact) mass is 597 g/mol. The van der Waals surface area contributed by atoms with Gasteiger partial charge >= 0.3 is 11.9 Å². The van der Waals surface area contributed by atoms with E-state index >= 15 is 4.39 Å². The highest BCUT2D eigenvalue weighted by Gasteiger charge is 2.36. The molecule has 0 N–H and O–H groups in total. The predicted octanol–water partition coefficient (Wildman–Crippen LogP) is 6.00. The average Bonchev–Trinajstić information content (AvgIpc) is 3.39. The molecule has 4 aromatic rings. The Morgan fingerprint density at radius 2 is 1.56 bits per heavy atom. The zero-order chi connectivity index (χ0) is 31.1. The van der Waals surface area contributed by atoms with Crippen molar-refractivity contribution >= 4 is 5.91 Å². The van der Waals surface area contributed by atoms with Crippen LogP contribution in [0.15, 0.2) is 76.3 Å². The number of halogens is 5. The third-order valence-electron chi connectivity index (χ3n) is 7.92. The molecule has 6 nitrogen and oxygen atoms in total. The van der Waals surface area contributed by atoms with Crippen LogP contribution in [0.4, 0.5) is 22.0 Å². The molecule has 1 fully saturated rings. The highest BCUT2D eigenvalue weighted by atomic mass is 19.4. The van der Waals surface area contributed by atoms with Crippen molar-refractivity contribution in [2.24, 2.45) is 0 Å². The van der Waals surface area contributed by atoms with Crippen molar-refractivity contribution in [3.63, 3.8) is 0 Å². The van der Waals surface area contributed by atoms with Crippen LogP contribution in [-0.2, 0) is 24.1 Å². The number of alkyl halides is 3. The van der Waals surface area contributed by atoms with Gasteiger partial charge in [-0.15, -0.1) is 0 Å². The largest absolute Gasteiger partial charge is 0.416 e. The van der Waals surface area contributed by atoms with Crippen LogP contribution in [0.1, 0.15) is 46.8 Å². The lowest BCUT2D eigenvalue weighted by Gasteiger charge is -2.29. The van der Waals surface area contributed by atoms with Gasteiger partial charge in [-0.25, -0.2) is 13.6 Å². The minimum Gasteiger partial charge on any atom is -0.334 e. The van der Waals surface area contributed by atoms with Crippen LogP contribution < -0.4 is 11.2 Å². The second-order valence-corrected chi connectivity index (χ2v) is 10.6. The van der Waals surface area contributed by atoms with Gasteiger partial charge in [-0.3, -0.25) is 18.7 Å². The van der Waals surface area contributed by atoms with Crippen LogP contribution in [0.2, 0.25) is 0 Å². The average molecular weight is 598 g/mol. The zero-order valence-electron chi connectivity index (χ0n) is 23.4. The topological polar surface area (TPSA) is 64.3 Å². The summed E-state index contributed by atoms with van der Waals surface area (Å²) < 4.78 is 73.7. The van der Waals surface area contributed by atoms with E-state index in [-0.39, 0.29) is 41.3 Å². The Morgan fingerprint density at radius 1 is 0.860 bits per heavy atom. The minimum atomic E-state index is -4.93. The highest BCUT2D eigenvalue weighted by molar-refractivity contribution is 5.78. The molecule has 0 bridgehead atoms. The molecule has 0 radical (unpaired) electrons. The van der Waals surface area contributed by atoms with Crippen LogP contribution in [0.5, 0.6) is 0 Å². The quantitative estimate of drug-likeness (QED) is 0.246. The molecule has 1 aromatic heterocycles. The van der Waals surface area contributed by atoms with Crippen molar-refractivity contribution in [3.8, 4) is 11.1 Å². The Morgan fingerprint density at radius 3 is 2.21 bits per heavy atom. The molecule has 0 aliphatic carbocycles. The number of hydrogen-bond donors (Lipinski definition) is 0. The first kappa shape index (κ1) is 29.9. The fraction of sp³-hybridized carbons (Fsp3) is 0.281. The molecule has 43 heavy (non-hydrogen) atoms. The number of amides is 1. The van der Waals surface area contributed by atoms with Gasteiger partial charge in [-0.05, 0) is 43.5 Å². The number of carbonyl (C=O) groups excluding carboxylic acids is 1. The highest BCUT2D eigenvalue weighted by Crippen LogP contribution is 2.34. The molecule has 11 heteroatoms. The molecular formula is C32H28F5N3O3. The molecular weight excluding hydrogens is 569 g/mol. The van der Waals surface area contributed by atoms with Crippen LogP contribution >= 0.6 is 0 Å². The Bertz CT molecular complexity index is 1810. The van der Waals surface area contributed by atoms with Gasteiger partial charge in [0, 0.05) is 29.8 Å². The van der Waals surface area contributed by atoms with Crippen molar-refractivity contribution in [1.29, 1.82) is 0 Å². The van der Waals surface area contributed by atoms with E-state index in [2.05, 4.69) is 0 Å². The Hall–Kier alpha value is -4.54. The number of rotatable bonds is 7. The van der Waals surface area contributed by atoms with Crippen molar-refractivity contribution in [2.45, 2.75) is 52.0 Å². The normalized spacial score (nSPS) is 14.4. The second-order valence-electron chi connectivity index (χ2n) is 10.6. The van der Waals surface area contributed by atoms with Gasteiger partial charge in [0.25, 0.3) is 5.56 Å². The van der Waals surface area contributed by atoms with Crippen LogP contribution in [0.3, 0.4) is 0 Å². The summed E-state index contributed by atoms with van der Waals surface area (Å²) in [4.78, 5) is 42.4. The van der Waals surface area contributed by atoms with E-state index < -0.39 is 52.8 Å². The number of hydrogen-bond acceptors (Lipinski definition) is 3. The Balaban J connectivity index is 1.78. The SMILES string of the molecule is Cc1cccc(-c2c(C)n(Cc3c(F)cccc3C(F)(F)F)c(=O)n(CC(c3ccccc3)N3CCCC3=O)c2=O)c1F. The lowest BCUT2D eigenvalue weighted by atomic mass is 10.0. The molecule has 0 spiro atoms. The Labute approximate surface area is 243 Å². The third kappa shape index (κ3) is 5.63. The van der Waals surface area contributed by atoms with Crippen molar-refractivity contribution in [3.05, 3.63) is 127 Å². The number of aryl methyl sites for hydroxylation is 1. The first-order chi connectivity index (χ1) is 20.4. The van der Waals surface area contributed by atoms with Gasteiger partial charge in [0.2, 0.25) is 5.91 Å². The molecule has 1 aliphatic rings. The molecule has 1 atom stereocenters. The number of likely N-dealkylation sites (tertiary alicyclic amines) is 1. The van der Waals surface area contributed by atoms with E-state index in [1.54, 1.807) is 35.2 Å². The molecule has 2 heterocycles. The number of aromatic nitrogens is 2. The van der Waals surface area contributed by atoms with E-state index in [4.69, 9.17) is 0 Å².